The van der Waals surface area contributed by atoms with Gasteiger partial charge in [-0.3, -0.25) is 9.59 Å². The molecule has 2 N–H and O–H groups in total. The first-order valence-corrected chi connectivity index (χ1v) is 9.10. The number of aryl methyl sites for hydroxylation is 1. The fraction of sp³-hybridized carbons (Fsp3) is 0.0500. The van der Waals surface area contributed by atoms with Gasteiger partial charge in [0.1, 0.15) is 5.52 Å². The van der Waals surface area contributed by atoms with E-state index in [9.17, 15) is 9.59 Å². The van der Waals surface area contributed by atoms with E-state index in [4.69, 9.17) is 4.42 Å². The Morgan fingerprint density at radius 1 is 0.963 bits per heavy atom. The van der Waals surface area contributed by atoms with E-state index in [0.717, 1.165) is 0 Å². The van der Waals surface area contributed by atoms with Gasteiger partial charge in [-0.05, 0) is 47.8 Å². The van der Waals surface area contributed by atoms with Gasteiger partial charge in [-0.2, -0.15) is 0 Å². The number of carbonyl (C=O) groups is 2. The van der Waals surface area contributed by atoms with E-state index >= 15 is 0 Å². The Hall–Kier alpha value is -3.45. The molecule has 0 aliphatic rings. The number of anilines is 2. The number of aromatic nitrogens is 1. The number of amides is 2. The molecule has 2 aromatic carbocycles. The van der Waals surface area contributed by atoms with Crippen molar-refractivity contribution in [3.8, 4) is 0 Å². The lowest BCUT2D eigenvalue weighted by Gasteiger charge is -2.08. The third kappa shape index (κ3) is 3.73. The van der Waals surface area contributed by atoms with Gasteiger partial charge in [0.15, 0.2) is 11.5 Å². The number of rotatable bonds is 4. The molecule has 0 radical (unpaired) electrons. The molecule has 0 aliphatic carbocycles. The number of nitrogens with one attached hydrogen (secondary N) is 2. The molecule has 0 saturated heterocycles. The molecule has 6 nitrogen and oxygen atoms in total. The quantitative estimate of drug-likeness (QED) is 0.540. The second-order valence-electron chi connectivity index (χ2n) is 5.88. The molecule has 0 atom stereocenters. The van der Waals surface area contributed by atoms with Crippen LogP contribution in [0.5, 0.6) is 0 Å². The molecule has 0 spiro atoms. The summed E-state index contributed by atoms with van der Waals surface area (Å²) in [7, 11) is 0. The predicted octanol–water partition coefficient (Wildman–Crippen LogP) is 4.70. The summed E-state index contributed by atoms with van der Waals surface area (Å²) >= 11 is 1.36. The van der Waals surface area contributed by atoms with E-state index in [2.05, 4.69) is 15.6 Å². The van der Waals surface area contributed by atoms with E-state index in [1.165, 1.54) is 11.3 Å². The number of oxazole rings is 1. The van der Waals surface area contributed by atoms with Crippen molar-refractivity contribution in [2.75, 3.05) is 10.6 Å². The molecule has 0 unspecified atom stereocenters. The maximum absolute atomic E-state index is 12.6. The fourth-order valence-electron chi connectivity index (χ4n) is 2.66. The summed E-state index contributed by atoms with van der Waals surface area (Å²) in [5.41, 5.74) is 2.97. The van der Waals surface area contributed by atoms with E-state index in [-0.39, 0.29) is 11.8 Å². The van der Waals surface area contributed by atoms with E-state index < -0.39 is 0 Å². The summed E-state index contributed by atoms with van der Waals surface area (Å²) in [5, 5.41) is 7.48. The number of hydrogen-bond donors (Lipinski definition) is 2. The number of benzene rings is 2. The summed E-state index contributed by atoms with van der Waals surface area (Å²) in [4.78, 5) is 29.6. The lowest BCUT2D eigenvalue weighted by Crippen LogP contribution is -2.14. The normalized spacial score (nSPS) is 10.7. The van der Waals surface area contributed by atoms with Crippen LogP contribution in [0.15, 0.2) is 64.4 Å². The third-order valence-electron chi connectivity index (χ3n) is 3.88. The largest absolute Gasteiger partial charge is 0.441 e. The SMILES string of the molecule is Cc1nc2cc(NC(=O)c3cccc(NC(=O)c4cccs4)c3)ccc2o1. The number of carbonyl (C=O) groups excluding carboxylic acids is 2. The van der Waals surface area contributed by atoms with Crippen molar-refractivity contribution in [2.45, 2.75) is 6.92 Å². The molecular weight excluding hydrogens is 362 g/mol. The minimum Gasteiger partial charge on any atom is -0.441 e. The molecule has 4 rings (SSSR count). The van der Waals surface area contributed by atoms with Crippen molar-refractivity contribution < 1.29 is 14.0 Å². The van der Waals surface area contributed by atoms with E-state index in [0.29, 0.717) is 38.8 Å². The zero-order valence-electron chi connectivity index (χ0n) is 14.4. The van der Waals surface area contributed by atoms with Gasteiger partial charge in [-0.25, -0.2) is 4.98 Å². The summed E-state index contributed by atoms with van der Waals surface area (Å²) in [6.45, 7) is 1.77. The fourth-order valence-corrected chi connectivity index (χ4v) is 3.28. The van der Waals surface area contributed by atoms with Crippen molar-refractivity contribution in [3.05, 3.63) is 76.3 Å². The van der Waals surface area contributed by atoms with Crippen LogP contribution in [0.4, 0.5) is 11.4 Å². The van der Waals surface area contributed by atoms with Crippen molar-refractivity contribution in [2.24, 2.45) is 0 Å². The maximum Gasteiger partial charge on any atom is 0.265 e. The minimum absolute atomic E-state index is 0.200. The van der Waals surface area contributed by atoms with Crippen molar-refractivity contribution >= 4 is 45.6 Å². The highest BCUT2D eigenvalue weighted by Crippen LogP contribution is 2.21. The van der Waals surface area contributed by atoms with Crippen molar-refractivity contribution in [3.63, 3.8) is 0 Å². The number of nitrogens with zero attached hydrogens (tertiary/aromatic N) is 1. The molecule has 27 heavy (non-hydrogen) atoms. The Labute approximate surface area is 158 Å². The smallest absolute Gasteiger partial charge is 0.265 e. The lowest BCUT2D eigenvalue weighted by atomic mass is 10.1. The number of hydrogen-bond acceptors (Lipinski definition) is 5. The molecule has 2 heterocycles. The lowest BCUT2D eigenvalue weighted by molar-refractivity contribution is 0.101. The molecule has 134 valence electrons. The zero-order valence-corrected chi connectivity index (χ0v) is 15.2. The molecule has 7 heteroatoms. The maximum atomic E-state index is 12.6. The van der Waals surface area contributed by atoms with Crippen LogP contribution in [-0.2, 0) is 0 Å². The zero-order chi connectivity index (χ0) is 18.8. The standard InChI is InChI=1S/C20H15N3O3S/c1-12-21-16-11-15(7-8-17(16)26-12)22-19(24)13-4-2-5-14(10-13)23-20(25)18-6-3-9-27-18/h2-11H,1H3,(H,22,24)(H,23,25). The van der Waals surface area contributed by atoms with Crippen LogP contribution in [0.25, 0.3) is 11.1 Å². The average molecular weight is 377 g/mol. The van der Waals surface area contributed by atoms with Gasteiger partial charge < -0.3 is 15.1 Å². The van der Waals surface area contributed by atoms with Crippen molar-refractivity contribution in [1.82, 2.24) is 4.98 Å². The van der Waals surface area contributed by atoms with Crippen LogP contribution in [0.1, 0.15) is 25.9 Å². The molecular formula is C20H15N3O3S. The summed E-state index contributed by atoms with van der Waals surface area (Å²) in [6.07, 6.45) is 0. The van der Waals surface area contributed by atoms with Gasteiger partial charge in [0.25, 0.3) is 11.8 Å². The van der Waals surface area contributed by atoms with Crippen LogP contribution >= 0.6 is 11.3 Å². The molecule has 0 bridgehead atoms. The van der Waals surface area contributed by atoms with Gasteiger partial charge in [0.05, 0.1) is 4.88 Å². The summed E-state index contributed by atoms with van der Waals surface area (Å²) in [5.74, 6) is 0.0962. The topological polar surface area (TPSA) is 84.2 Å². The monoisotopic (exact) mass is 377 g/mol. The molecule has 2 aromatic heterocycles. The molecule has 4 aromatic rings. The second-order valence-corrected chi connectivity index (χ2v) is 6.83. The second kappa shape index (κ2) is 7.05. The number of fused-ring (bicyclic) bond motifs is 1. The Morgan fingerprint density at radius 3 is 2.59 bits per heavy atom. The predicted molar refractivity (Wildman–Crippen MR) is 105 cm³/mol. The highest BCUT2D eigenvalue weighted by atomic mass is 32.1. The number of thiophene rings is 1. The van der Waals surface area contributed by atoms with Gasteiger partial charge in [0, 0.05) is 23.9 Å². The van der Waals surface area contributed by atoms with E-state index in [1.807, 2.05) is 11.4 Å². The van der Waals surface area contributed by atoms with Crippen LogP contribution < -0.4 is 10.6 Å². The summed E-state index contributed by atoms with van der Waals surface area (Å²) < 4.78 is 5.43. The first-order valence-electron chi connectivity index (χ1n) is 8.22. The summed E-state index contributed by atoms with van der Waals surface area (Å²) in [6, 6.07) is 15.6. The van der Waals surface area contributed by atoms with Crippen LogP contribution in [0.2, 0.25) is 0 Å². The van der Waals surface area contributed by atoms with Gasteiger partial charge in [0.2, 0.25) is 0 Å². The molecule has 2 amide bonds. The third-order valence-corrected chi connectivity index (χ3v) is 4.75. The Morgan fingerprint density at radius 2 is 1.78 bits per heavy atom. The Kier molecular flexibility index (Phi) is 4.43. The van der Waals surface area contributed by atoms with Crippen molar-refractivity contribution in [1.29, 1.82) is 0 Å². The first kappa shape index (κ1) is 17.0. The highest BCUT2D eigenvalue weighted by molar-refractivity contribution is 7.12. The molecule has 0 fully saturated rings. The van der Waals surface area contributed by atoms with Crippen LogP contribution in [0.3, 0.4) is 0 Å². The average Bonchev–Trinajstić information content (AvgIpc) is 3.30. The Balaban J connectivity index is 1.50. The molecule has 0 aliphatic heterocycles. The highest BCUT2D eigenvalue weighted by Gasteiger charge is 2.11. The first-order chi connectivity index (χ1) is 13.1. The molecule has 0 saturated carbocycles. The van der Waals surface area contributed by atoms with Gasteiger partial charge in [-0.15, -0.1) is 11.3 Å². The minimum atomic E-state index is -0.276. The Bertz CT molecular complexity index is 1130. The van der Waals surface area contributed by atoms with Crippen LogP contribution in [0, 0.1) is 6.92 Å². The van der Waals surface area contributed by atoms with Crippen LogP contribution in [-0.4, -0.2) is 16.8 Å². The van der Waals surface area contributed by atoms with E-state index in [1.54, 1.807) is 55.5 Å². The van der Waals surface area contributed by atoms with Gasteiger partial charge >= 0.3 is 0 Å². The van der Waals surface area contributed by atoms with Gasteiger partial charge in [-0.1, -0.05) is 12.1 Å².